The van der Waals surface area contributed by atoms with Gasteiger partial charge in [-0.25, -0.2) is 0 Å². The zero-order chi connectivity index (χ0) is 12.6. The molecular weight excluding hydrogens is 220 g/mol. The van der Waals surface area contributed by atoms with Crippen LogP contribution in [0.1, 0.15) is 20.8 Å². The van der Waals surface area contributed by atoms with Crippen LogP contribution in [-0.4, -0.2) is 71.3 Å². The first-order chi connectivity index (χ1) is 7.85. The maximum atomic E-state index is 12.1. The van der Waals surface area contributed by atoms with Crippen molar-refractivity contribution in [2.24, 2.45) is 0 Å². The Morgan fingerprint density at radius 2 is 1.88 bits per heavy atom. The highest BCUT2D eigenvalue weighted by atomic mass is 16.5. The Kier molecular flexibility index (Phi) is 3.43. The van der Waals surface area contributed by atoms with Crippen LogP contribution in [0.2, 0.25) is 0 Å². The van der Waals surface area contributed by atoms with Crippen molar-refractivity contribution in [1.29, 1.82) is 0 Å². The van der Waals surface area contributed by atoms with E-state index in [1.807, 2.05) is 23.6 Å². The van der Waals surface area contributed by atoms with Crippen molar-refractivity contribution in [3.63, 3.8) is 0 Å². The number of likely N-dealkylation sites (tertiary alicyclic amines) is 1. The summed E-state index contributed by atoms with van der Waals surface area (Å²) in [6.45, 7) is 8.72. The van der Waals surface area contributed by atoms with E-state index in [4.69, 9.17) is 4.74 Å². The fourth-order valence-electron chi connectivity index (χ4n) is 2.70. The molecule has 2 aliphatic rings. The van der Waals surface area contributed by atoms with E-state index in [2.05, 4.69) is 0 Å². The van der Waals surface area contributed by atoms with E-state index in [0.717, 1.165) is 0 Å². The number of β-amino-alcohol motifs (C(OH)–C–C–N with tert-alkyl or cyclic N) is 1. The van der Waals surface area contributed by atoms with Crippen LogP contribution < -0.4 is 0 Å². The molecule has 17 heavy (non-hydrogen) atoms. The Labute approximate surface area is 102 Å². The molecule has 2 atom stereocenters. The number of carbonyl (C=O) groups excluding carboxylic acids is 1. The van der Waals surface area contributed by atoms with Crippen molar-refractivity contribution < 1.29 is 14.6 Å². The van der Waals surface area contributed by atoms with Gasteiger partial charge in [-0.05, 0) is 20.8 Å². The molecule has 2 aliphatic heterocycles. The third kappa shape index (κ3) is 3.18. The summed E-state index contributed by atoms with van der Waals surface area (Å²) < 4.78 is 5.60. The van der Waals surface area contributed by atoms with Gasteiger partial charge in [-0.2, -0.15) is 0 Å². The first kappa shape index (κ1) is 12.8. The summed E-state index contributed by atoms with van der Waals surface area (Å²) in [6.07, 6.45) is 0.226. The molecule has 2 unspecified atom stereocenters. The van der Waals surface area contributed by atoms with Gasteiger partial charge in [-0.15, -0.1) is 0 Å². The standard InChI is InChI=1S/C12H22N2O3/c1-9-4-14(5-10(2)17-9)11(15)6-13-7-12(3,16)8-13/h9-10,16H,4-8H2,1-3H3. The highest BCUT2D eigenvalue weighted by Gasteiger charge is 2.38. The number of aliphatic hydroxyl groups is 1. The van der Waals surface area contributed by atoms with Crippen molar-refractivity contribution in [2.75, 3.05) is 32.7 Å². The van der Waals surface area contributed by atoms with Crippen molar-refractivity contribution >= 4 is 5.91 Å². The van der Waals surface area contributed by atoms with Gasteiger partial charge in [0.05, 0.1) is 24.4 Å². The van der Waals surface area contributed by atoms with Gasteiger partial charge in [-0.1, -0.05) is 0 Å². The molecule has 0 aromatic rings. The number of rotatable bonds is 2. The maximum absolute atomic E-state index is 12.1. The first-order valence-corrected chi connectivity index (χ1v) is 6.24. The van der Waals surface area contributed by atoms with Crippen LogP contribution in [0.25, 0.3) is 0 Å². The average Bonchev–Trinajstić information content (AvgIpc) is 2.13. The fourth-order valence-corrected chi connectivity index (χ4v) is 2.70. The minimum Gasteiger partial charge on any atom is -0.388 e. The summed E-state index contributed by atoms with van der Waals surface area (Å²) in [6, 6.07) is 0. The van der Waals surface area contributed by atoms with Crippen LogP contribution >= 0.6 is 0 Å². The zero-order valence-corrected chi connectivity index (χ0v) is 10.8. The average molecular weight is 242 g/mol. The predicted octanol–water partition coefficient (Wildman–Crippen LogP) is -0.311. The Morgan fingerprint density at radius 1 is 1.35 bits per heavy atom. The number of morpholine rings is 1. The van der Waals surface area contributed by atoms with Crippen LogP contribution in [0, 0.1) is 0 Å². The Morgan fingerprint density at radius 3 is 2.35 bits per heavy atom. The molecule has 2 heterocycles. The maximum Gasteiger partial charge on any atom is 0.236 e. The van der Waals surface area contributed by atoms with Crippen molar-refractivity contribution in [3.05, 3.63) is 0 Å². The van der Waals surface area contributed by atoms with Gasteiger partial charge < -0.3 is 14.7 Å². The number of carbonyl (C=O) groups is 1. The summed E-state index contributed by atoms with van der Waals surface area (Å²) >= 11 is 0. The summed E-state index contributed by atoms with van der Waals surface area (Å²) in [4.78, 5) is 15.9. The Bertz CT molecular complexity index is 288. The van der Waals surface area contributed by atoms with Gasteiger partial charge in [0.2, 0.25) is 5.91 Å². The van der Waals surface area contributed by atoms with E-state index < -0.39 is 5.60 Å². The van der Waals surface area contributed by atoms with Crippen LogP contribution in [0.3, 0.4) is 0 Å². The topological polar surface area (TPSA) is 53.0 Å². The Hall–Kier alpha value is -0.650. The lowest BCUT2D eigenvalue weighted by molar-refractivity contribution is -0.150. The molecule has 0 aliphatic carbocycles. The van der Waals surface area contributed by atoms with Gasteiger partial charge in [-0.3, -0.25) is 9.69 Å². The van der Waals surface area contributed by atoms with Gasteiger partial charge in [0.15, 0.2) is 0 Å². The lowest BCUT2D eigenvalue weighted by Gasteiger charge is -2.45. The second-order valence-electron chi connectivity index (χ2n) is 5.70. The molecule has 1 N–H and O–H groups in total. The molecule has 2 saturated heterocycles. The van der Waals surface area contributed by atoms with Crippen LogP contribution in [-0.2, 0) is 9.53 Å². The number of amides is 1. The minimum atomic E-state index is -0.605. The summed E-state index contributed by atoms with van der Waals surface area (Å²) in [7, 11) is 0. The van der Waals surface area contributed by atoms with Gasteiger partial charge >= 0.3 is 0 Å². The van der Waals surface area contributed by atoms with E-state index >= 15 is 0 Å². The van der Waals surface area contributed by atoms with Crippen molar-refractivity contribution in [1.82, 2.24) is 9.80 Å². The molecule has 0 radical (unpaired) electrons. The molecule has 0 bridgehead atoms. The van der Waals surface area contributed by atoms with E-state index in [0.29, 0.717) is 32.7 Å². The SMILES string of the molecule is CC1CN(C(=O)CN2CC(C)(O)C2)CC(C)O1. The molecule has 5 heteroatoms. The number of hydrogen-bond acceptors (Lipinski definition) is 4. The lowest BCUT2D eigenvalue weighted by Crippen LogP contribution is -2.62. The molecule has 98 valence electrons. The number of hydrogen-bond donors (Lipinski definition) is 1. The Balaban J connectivity index is 1.80. The van der Waals surface area contributed by atoms with E-state index in [-0.39, 0.29) is 18.1 Å². The van der Waals surface area contributed by atoms with Gasteiger partial charge in [0.1, 0.15) is 0 Å². The van der Waals surface area contributed by atoms with Crippen LogP contribution in [0.4, 0.5) is 0 Å². The first-order valence-electron chi connectivity index (χ1n) is 6.24. The molecular formula is C12H22N2O3. The quantitative estimate of drug-likeness (QED) is 0.721. The summed E-state index contributed by atoms with van der Waals surface area (Å²) in [5, 5.41) is 9.60. The van der Waals surface area contributed by atoms with Crippen LogP contribution in [0.5, 0.6) is 0 Å². The fraction of sp³-hybridized carbons (Fsp3) is 0.917. The number of nitrogens with zero attached hydrogens (tertiary/aromatic N) is 2. The monoisotopic (exact) mass is 242 g/mol. The van der Waals surface area contributed by atoms with Crippen molar-refractivity contribution in [3.8, 4) is 0 Å². The highest BCUT2D eigenvalue weighted by molar-refractivity contribution is 5.78. The third-order valence-electron chi connectivity index (χ3n) is 3.26. The summed E-state index contributed by atoms with van der Waals surface area (Å²) in [5.74, 6) is 0.141. The van der Waals surface area contributed by atoms with E-state index in [1.165, 1.54) is 0 Å². The van der Waals surface area contributed by atoms with Gasteiger partial charge in [0, 0.05) is 26.2 Å². The second kappa shape index (κ2) is 4.55. The summed E-state index contributed by atoms with van der Waals surface area (Å²) in [5.41, 5.74) is -0.605. The van der Waals surface area contributed by atoms with Crippen molar-refractivity contribution in [2.45, 2.75) is 38.6 Å². The lowest BCUT2D eigenvalue weighted by atomic mass is 9.97. The molecule has 0 saturated carbocycles. The largest absolute Gasteiger partial charge is 0.388 e. The highest BCUT2D eigenvalue weighted by Crippen LogP contribution is 2.20. The van der Waals surface area contributed by atoms with Gasteiger partial charge in [0.25, 0.3) is 0 Å². The van der Waals surface area contributed by atoms with Crippen LogP contribution in [0.15, 0.2) is 0 Å². The minimum absolute atomic E-state index is 0.113. The molecule has 0 aromatic heterocycles. The predicted molar refractivity (Wildman–Crippen MR) is 63.7 cm³/mol. The van der Waals surface area contributed by atoms with E-state index in [9.17, 15) is 9.90 Å². The normalized spacial score (nSPS) is 33.3. The molecule has 0 spiro atoms. The van der Waals surface area contributed by atoms with E-state index in [1.54, 1.807) is 6.92 Å². The third-order valence-corrected chi connectivity index (χ3v) is 3.26. The molecule has 1 amide bonds. The molecule has 2 rings (SSSR count). The molecule has 0 aromatic carbocycles. The molecule has 5 nitrogen and oxygen atoms in total. The zero-order valence-electron chi connectivity index (χ0n) is 10.8. The smallest absolute Gasteiger partial charge is 0.236 e. The number of ether oxygens (including phenoxy) is 1. The molecule has 2 fully saturated rings. The second-order valence-corrected chi connectivity index (χ2v) is 5.70.